The number of esters is 2. The minimum atomic E-state index is -4.63. The second-order valence-corrected chi connectivity index (χ2v) is 14.1. The zero-order valence-electron chi connectivity index (χ0n) is 24.5. The van der Waals surface area contributed by atoms with E-state index in [-0.39, 0.29) is 23.2 Å². The van der Waals surface area contributed by atoms with Crippen LogP contribution < -0.4 is 11.2 Å². The number of H-pyrrole nitrogens is 1. The summed E-state index contributed by atoms with van der Waals surface area (Å²) in [6, 6.07) is 0. The molecule has 0 aliphatic carbocycles. The van der Waals surface area contributed by atoms with Crippen LogP contribution in [0, 0.1) is 37.0 Å². The Morgan fingerprint density at radius 3 is 2.41 bits per heavy atom. The number of terminal acetylenes is 2. The molecule has 18 heteroatoms. The predicted molar refractivity (Wildman–Crippen MR) is 160 cm³/mol. The lowest BCUT2D eigenvalue weighted by Gasteiger charge is -2.30. The van der Waals surface area contributed by atoms with Gasteiger partial charge < -0.3 is 24.1 Å². The maximum atomic E-state index is 13.6. The molecule has 44 heavy (non-hydrogen) atoms. The summed E-state index contributed by atoms with van der Waals surface area (Å²) in [5, 5.41) is 10.1. The fourth-order valence-electron chi connectivity index (χ4n) is 3.69. The van der Waals surface area contributed by atoms with Crippen molar-refractivity contribution in [3.63, 3.8) is 0 Å². The Kier molecular flexibility index (Phi) is 15.2. The number of nitrogens with one attached hydrogen (secondary N) is 1. The molecule has 0 spiro atoms. The van der Waals surface area contributed by atoms with Crippen LogP contribution >= 0.6 is 29.4 Å². The van der Waals surface area contributed by atoms with Gasteiger partial charge in [0.25, 0.3) is 5.56 Å². The fraction of sp³-hybridized carbons (Fsp3) is 0.615. The normalized spacial score (nSPS) is 19.6. The minimum Gasteiger partial charge on any atom is -0.452 e. The summed E-state index contributed by atoms with van der Waals surface area (Å²) in [4.78, 5) is 52.7. The third kappa shape index (κ3) is 10.2. The molecule has 1 aliphatic rings. The number of aromatic amines is 1. The maximum Gasteiger partial charge on any atom is 0.474 e. The Labute approximate surface area is 262 Å². The van der Waals surface area contributed by atoms with Gasteiger partial charge >= 0.3 is 25.5 Å². The number of nitrogens with zero attached hydrogens (tertiary/aromatic N) is 1. The number of aryl methyl sites for hydroxylation is 1. The highest BCUT2D eigenvalue weighted by Gasteiger charge is 2.53. The lowest BCUT2D eigenvalue weighted by atomic mass is 9.90. The zero-order chi connectivity index (χ0) is 32.9. The van der Waals surface area contributed by atoms with Crippen LogP contribution in [0.5, 0.6) is 0 Å². The second-order valence-electron chi connectivity index (χ2n) is 9.44. The molecule has 1 aromatic heterocycles. The predicted octanol–water partition coefficient (Wildman–Crippen LogP) is 1.38. The molecule has 1 aromatic rings. The van der Waals surface area contributed by atoms with E-state index in [1.807, 2.05) is 13.8 Å². The number of aliphatic hydroxyl groups is 1. The summed E-state index contributed by atoms with van der Waals surface area (Å²) in [6.07, 6.45) is 8.23. The number of rotatable bonds is 18. The number of hydrogen-bond acceptors (Lipinski definition) is 15. The van der Waals surface area contributed by atoms with E-state index in [1.54, 1.807) is 0 Å². The summed E-state index contributed by atoms with van der Waals surface area (Å²) in [5.41, 5.74) is -3.50. The molecule has 0 aromatic carbocycles. The van der Waals surface area contributed by atoms with Crippen molar-refractivity contribution >= 4 is 41.3 Å². The average molecular weight is 679 g/mol. The van der Waals surface area contributed by atoms with Crippen molar-refractivity contribution < 1.29 is 51.8 Å². The second kappa shape index (κ2) is 17.8. The Morgan fingerprint density at radius 1 is 1.23 bits per heavy atom. The zero-order valence-corrected chi connectivity index (χ0v) is 27.1. The number of hydrogen-bond donors (Lipinski definition) is 2. The van der Waals surface area contributed by atoms with Crippen LogP contribution in [-0.2, 0) is 46.7 Å². The highest BCUT2D eigenvalue weighted by molar-refractivity contribution is 8.76. The van der Waals surface area contributed by atoms with Gasteiger partial charge in [0.15, 0.2) is 13.2 Å². The van der Waals surface area contributed by atoms with Gasteiger partial charge in [-0.15, -0.1) is 12.8 Å². The van der Waals surface area contributed by atoms with Gasteiger partial charge in [-0.2, -0.15) is 0 Å². The minimum absolute atomic E-state index is 0.0381. The molecule has 2 rings (SSSR count). The highest BCUT2D eigenvalue weighted by atomic mass is 33.1. The number of aliphatic hydroxyl groups excluding tert-OH is 1. The first-order valence-corrected chi connectivity index (χ1v) is 16.8. The molecule has 0 radical (unpaired) electrons. The molecule has 0 bridgehead atoms. The molecule has 2 N–H and O–H groups in total. The van der Waals surface area contributed by atoms with E-state index in [1.165, 1.54) is 34.7 Å². The number of phosphoric ester groups is 1. The van der Waals surface area contributed by atoms with Crippen molar-refractivity contribution in [1.82, 2.24) is 9.55 Å². The van der Waals surface area contributed by atoms with E-state index < -0.39 is 87.9 Å². The van der Waals surface area contributed by atoms with Crippen LogP contribution in [0.3, 0.4) is 0 Å². The molecular weight excluding hydrogens is 643 g/mol. The van der Waals surface area contributed by atoms with Crippen molar-refractivity contribution in [1.29, 1.82) is 0 Å². The third-order valence-corrected chi connectivity index (χ3v) is 9.93. The number of ether oxygens (including phenoxy) is 4. The van der Waals surface area contributed by atoms with Crippen LogP contribution in [0.25, 0.3) is 0 Å². The van der Waals surface area contributed by atoms with Gasteiger partial charge in [0.05, 0.1) is 19.8 Å². The Balaban J connectivity index is 2.32. The van der Waals surface area contributed by atoms with Crippen molar-refractivity contribution in [2.45, 2.75) is 50.9 Å². The standard InChI is InChI=1S/C26H35N2O13PS2/c1-7-9-37-23(31)26(24(32)38-10-8-2,14-36-16-43-44-17(3)4)15-39-42(34,35-6)41-19-11-21(40-20(19)13-29)28-12-18(5)22(30)27-25(28)33/h1-2,12,17,19-21,29H,9-11,13-16H2,3-6H3,(H,27,30,33)/t19?,20-,21-,42?/m1/s1. The molecule has 0 saturated carbocycles. The number of carbonyl (C=O) groups is 2. The molecule has 244 valence electrons. The molecule has 1 fully saturated rings. The van der Waals surface area contributed by atoms with E-state index >= 15 is 0 Å². The van der Waals surface area contributed by atoms with Gasteiger partial charge in [0.1, 0.15) is 24.4 Å². The van der Waals surface area contributed by atoms with E-state index in [2.05, 4.69) is 16.8 Å². The first-order valence-electron chi connectivity index (χ1n) is 13.0. The highest BCUT2D eigenvalue weighted by Crippen LogP contribution is 2.53. The number of aromatic nitrogens is 2. The lowest BCUT2D eigenvalue weighted by Crippen LogP contribution is -2.49. The summed E-state index contributed by atoms with van der Waals surface area (Å²) < 4.78 is 52.2. The van der Waals surface area contributed by atoms with Crippen LogP contribution in [-0.4, -0.2) is 90.1 Å². The van der Waals surface area contributed by atoms with Gasteiger partial charge in [-0.1, -0.05) is 47.3 Å². The average Bonchev–Trinajstić information content (AvgIpc) is 3.39. The summed E-state index contributed by atoms with van der Waals surface area (Å²) in [5.74, 6) is 1.86. The van der Waals surface area contributed by atoms with Crippen LogP contribution in [0.2, 0.25) is 0 Å². The van der Waals surface area contributed by atoms with Gasteiger partial charge in [-0.25, -0.2) is 9.36 Å². The molecule has 4 atom stereocenters. The van der Waals surface area contributed by atoms with E-state index in [4.69, 9.17) is 45.4 Å². The topological polar surface area (TPSA) is 191 Å². The summed E-state index contributed by atoms with van der Waals surface area (Å²) in [6.45, 7) is 2.14. The molecular formula is C26H35N2O13PS2. The van der Waals surface area contributed by atoms with Crippen molar-refractivity contribution in [2.24, 2.45) is 5.41 Å². The van der Waals surface area contributed by atoms with Crippen molar-refractivity contribution in [3.05, 3.63) is 32.6 Å². The molecule has 2 unspecified atom stereocenters. The number of carbonyl (C=O) groups excluding carboxylic acids is 2. The number of phosphoric acid groups is 1. The third-order valence-electron chi connectivity index (χ3n) is 5.87. The Hall–Kier alpha value is -2.57. The van der Waals surface area contributed by atoms with Gasteiger partial charge in [0, 0.05) is 30.5 Å². The van der Waals surface area contributed by atoms with Crippen molar-refractivity contribution in [2.75, 3.05) is 46.1 Å². The first-order chi connectivity index (χ1) is 20.9. The van der Waals surface area contributed by atoms with E-state index in [0.29, 0.717) is 0 Å². The largest absolute Gasteiger partial charge is 0.474 e. The van der Waals surface area contributed by atoms with Crippen molar-refractivity contribution in [3.8, 4) is 24.7 Å². The summed E-state index contributed by atoms with van der Waals surface area (Å²) in [7, 11) is -0.840. The molecule has 0 amide bonds. The smallest absolute Gasteiger partial charge is 0.452 e. The first kappa shape index (κ1) is 37.6. The molecule has 15 nitrogen and oxygen atoms in total. The quantitative estimate of drug-likeness (QED) is 0.0430. The monoisotopic (exact) mass is 678 g/mol. The fourth-order valence-corrected chi connectivity index (χ4v) is 6.54. The lowest BCUT2D eigenvalue weighted by molar-refractivity contribution is -0.178. The van der Waals surface area contributed by atoms with E-state index in [0.717, 1.165) is 11.7 Å². The maximum absolute atomic E-state index is 13.6. The van der Waals surface area contributed by atoms with Crippen LogP contribution in [0.15, 0.2) is 15.8 Å². The van der Waals surface area contributed by atoms with Gasteiger partial charge in [-0.05, 0) is 6.92 Å². The van der Waals surface area contributed by atoms with Gasteiger partial charge in [0.2, 0.25) is 5.41 Å². The SMILES string of the molecule is C#CCOC(=O)C(COCSSC(C)C)(COP(=O)(OC)OC1C[C@H](n2cc(C)c(=O)[nH]c2=O)O[C@@H]1CO)C(=O)OCC#C. The van der Waals surface area contributed by atoms with E-state index in [9.17, 15) is 28.8 Å². The Morgan fingerprint density at radius 2 is 1.86 bits per heavy atom. The Bertz CT molecular complexity index is 1350. The molecule has 1 aliphatic heterocycles. The summed E-state index contributed by atoms with van der Waals surface area (Å²) >= 11 is 0. The molecule has 1 saturated heterocycles. The van der Waals surface area contributed by atoms with Gasteiger partial charge in [-0.3, -0.25) is 37.5 Å². The van der Waals surface area contributed by atoms with Crippen LogP contribution in [0.1, 0.15) is 32.1 Å². The molecule has 2 heterocycles. The van der Waals surface area contributed by atoms with Crippen LogP contribution in [0.4, 0.5) is 0 Å².